The van der Waals surface area contributed by atoms with E-state index in [0.29, 0.717) is 31.9 Å². The van der Waals surface area contributed by atoms with Gasteiger partial charge in [0.2, 0.25) is 5.91 Å². The molecule has 2 aliphatic heterocycles. The van der Waals surface area contributed by atoms with Gasteiger partial charge in [0.15, 0.2) is 11.6 Å². The number of anilines is 1. The number of nitrogens with one attached hydrogen (secondary N) is 2. The zero-order valence-corrected chi connectivity index (χ0v) is 16.2. The summed E-state index contributed by atoms with van der Waals surface area (Å²) in [6, 6.07) is 3.29. The molecule has 0 spiro atoms. The average Bonchev–Trinajstić information content (AvgIpc) is 3.50. The second-order valence-electron chi connectivity index (χ2n) is 8.17. The quantitative estimate of drug-likeness (QED) is 0.729. The van der Waals surface area contributed by atoms with Crippen LogP contribution < -0.4 is 15.5 Å². The molecule has 2 N–H and O–H groups in total. The van der Waals surface area contributed by atoms with Gasteiger partial charge >= 0.3 is 6.03 Å². The number of carbonyl (C=O) groups is 3. The number of urea groups is 1. The van der Waals surface area contributed by atoms with Crippen LogP contribution in [0.1, 0.15) is 26.2 Å². The molecule has 3 aliphatic rings. The Morgan fingerprint density at radius 3 is 2.41 bits per heavy atom. The highest BCUT2D eigenvalue weighted by Gasteiger charge is 2.56. The van der Waals surface area contributed by atoms with Gasteiger partial charge < -0.3 is 15.1 Å². The lowest BCUT2D eigenvalue weighted by atomic mass is 9.83. The minimum absolute atomic E-state index is 0.0658. The molecule has 0 aromatic heterocycles. The summed E-state index contributed by atoms with van der Waals surface area (Å²) in [6.45, 7) is 3.71. The van der Waals surface area contributed by atoms with Crippen molar-refractivity contribution in [3.8, 4) is 0 Å². The number of carbonyl (C=O) groups excluding carboxylic acids is 3. The van der Waals surface area contributed by atoms with E-state index in [1.807, 2.05) is 4.90 Å². The Morgan fingerprint density at radius 2 is 1.86 bits per heavy atom. The Labute approximate surface area is 167 Å². The molecule has 0 radical (unpaired) electrons. The van der Waals surface area contributed by atoms with Crippen molar-refractivity contribution in [3.05, 3.63) is 29.8 Å². The first-order valence-electron chi connectivity index (χ1n) is 9.92. The number of imide groups is 1. The van der Waals surface area contributed by atoms with Crippen molar-refractivity contribution in [2.45, 2.75) is 31.7 Å². The molecule has 9 heteroatoms. The lowest BCUT2D eigenvalue weighted by Gasteiger charge is -2.38. The summed E-state index contributed by atoms with van der Waals surface area (Å²) < 4.78 is 26.6. The minimum atomic E-state index is -0.986. The van der Waals surface area contributed by atoms with Crippen LogP contribution in [0.4, 0.5) is 19.3 Å². The maximum Gasteiger partial charge on any atom is 0.322 e. The second-order valence-corrected chi connectivity index (χ2v) is 8.17. The van der Waals surface area contributed by atoms with E-state index in [1.165, 1.54) is 6.07 Å². The average molecular weight is 406 g/mol. The Bertz CT molecular complexity index is 852. The van der Waals surface area contributed by atoms with E-state index in [-0.39, 0.29) is 24.2 Å². The molecule has 4 rings (SSSR count). The molecule has 156 valence electrons. The summed E-state index contributed by atoms with van der Waals surface area (Å²) in [5.74, 6) is -2.53. The molecular formula is C20H24F2N4O3. The van der Waals surface area contributed by atoms with Gasteiger partial charge in [-0.25, -0.2) is 13.6 Å². The number of rotatable bonds is 5. The van der Waals surface area contributed by atoms with Gasteiger partial charge in [-0.3, -0.25) is 14.9 Å². The van der Waals surface area contributed by atoms with E-state index in [1.54, 1.807) is 11.8 Å². The van der Waals surface area contributed by atoms with Gasteiger partial charge in [-0.1, -0.05) is 6.92 Å². The molecule has 2 heterocycles. The van der Waals surface area contributed by atoms with Crippen LogP contribution in [0.3, 0.4) is 0 Å². The van der Waals surface area contributed by atoms with Crippen LogP contribution in [0.5, 0.6) is 0 Å². The monoisotopic (exact) mass is 406 g/mol. The molecule has 1 aliphatic carbocycles. The van der Waals surface area contributed by atoms with Crippen molar-refractivity contribution >= 4 is 23.5 Å². The Hall–Kier alpha value is -2.71. The Balaban J connectivity index is 1.37. The molecular weight excluding hydrogens is 382 g/mol. The molecule has 1 aromatic rings. The van der Waals surface area contributed by atoms with Gasteiger partial charge in [-0.15, -0.1) is 0 Å². The van der Waals surface area contributed by atoms with Crippen molar-refractivity contribution in [2.24, 2.45) is 11.8 Å². The highest BCUT2D eigenvalue weighted by Crippen LogP contribution is 2.44. The van der Waals surface area contributed by atoms with Crippen LogP contribution >= 0.6 is 0 Å². The van der Waals surface area contributed by atoms with E-state index in [2.05, 4.69) is 10.6 Å². The van der Waals surface area contributed by atoms with Crippen molar-refractivity contribution < 1.29 is 23.2 Å². The Kier molecular flexibility index (Phi) is 4.92. The summed E-state index contributed by atoms with van der Waals surface area (Å²) in [5, 5.41) is 5.07. The Morgan fingerprint density at radius 1 is 1.17 bits per heavy atom. The van der Waals surface area contributed by atoms with Crippen LogP contribution in [-0.4, -0.2) is 54.5 Å². The van der Waals surface area contributed by atoms with E-state index >= 15 is 0 Å². The third-order valence-electron chi connectivity index (χ3n) is 6.15. The lowest BCUT2D eigenvalue weighted by molar-refractivity contribution is -0.137. The van der Waals surface area contributed by atoms with Crippen LogP contribution in [0.15, 0.2) is 18.2 Å². The topological polar surface area (TPSA) is 81.8 Å². The molecule has 1 aromatic carbocycles. The normalized spacial score (nSPS) is 25.6. The van der Waals surface area contributed by atoms with Crippen molar-refractivity contribution in [2.75, 3.05) is 31.1 Å². The van der Waals surface area contributed by atoms with Gasteiger partial charge in [-0.05, 0) is 37.3 Å². The highest BCUT2D eigenvalue weighted by atomic mass is 19.2. The summed E-state index contributed by atoms with van der Waals surface area (Å²) in [7, 11) is 0. The van der Waals surface area contributed by atoms with E-state index in [4.69, 9.17) is 0 Å². The van der Waals surface area contributed by atoms with Crippen LogP contribution in [0, 0.1) is 23.5 Å². The standard InChI is InChI=1S/C20H24F2N4O3/c1-12(11-20(13-2-3-13)18(28)23-19(29)24-20)17(27)26-8-6-25(7-9-26)14-4-5-15(21)16(22)10-14/h4-5,10,12-13H,2-3,6-9,11H2,1H3,(H2,23,24,28,29). The molecule has 1 saturated carbocycles. The maximum absolute atomic E-state index is 13.5. The summed E-state index contributed by atoms with van der Waals surface area (Å²) in [6.07, 6.45) is 2.00. The first-order chi connectivity index (χ1) is 13.8. The highest BCUT2D eigenvalue weighted by molar-refractivity contribution is 6.07. The zero-order chi connectivity index (χ0) is 20.8. The largest absolute Gasteiger partial charge is 0.368 e. The predicted octanol–water partition coefficient (Wildman–Crippen LogP) is 1.63. The smallest absolute Gasteiger partial charge is 0.322 e. The molecule has 0 bridgehead atoms. The predicted molar refractivity (Wildman–Crippen MR) is 101 cm³/mol. The first-order valence-corrected chi connectivity index (χ1v) is 9.92. The van der Waals surface area contributed by atoms with Crippen molar-refractivity contribution in [1.29, 1.82) is 0 Å². The van der Waals surface area contributed by atoms with Gasteiger partial charge in [0.25, 0.3) is 5.91 Å². The van der Waals surface area contributed by atoms with E-state index < -0.39 is 29.1 Å². The molecule has 4 amide bonds. The lowest BCUT2D eigenvalue weighted by Crippen LogP contribution is -2.54. The molecule has 29 heavy (non-hydrogen) atoms. The SMILES string of the molecule is CC(CC1(C2CC2)NC(=O)NC1=O)C(=O)N1CCN(c2ccc(F)c(F)c2)CC1. The summed E-state index contributed by atoms with van der Waals surface area (Å²) in [4.78, 5) is 40.7. The fraction of sp³-hybridized carbons (Fsp3) is 0.550. The van der Waals surface area contributed by atoms with Crippen LogP contribution in [-0.2, 0) is 9.59 Å². The first kappa shape index (κ1) is 19.6. The molecule has 2 unspecified atom stereocenters. The van der Waals surface area contributed by atoms with Gasteiger partial charge in [0, 0.05) is 43.9 Å². The zero-order valence-electron chi connectivity index (χ0n) is 16.2. The van der Waals surface area contributed by atoms with Crippen molar-refractivity contribution in [1.82, 2.24) is 15.5 Å². The third kappa shape index (κ3) is 3.65. The van der Waals surface area contributed by atoms with Crippen LogP contribution in [0.25, 0.3) is 0 Å². The summed E-state index contributed by atoms with van der Waals surface area (Å²) >= 11 is 0. The second kappa shape index (κ2) is 7.27. The van der Waals surface area contributed by atoms with Gasteiger partial charge in [-0.2, -0.15) is 0 Å². The van der Waals surface area contributed by atoms with E-state index in [0.717, 1.165) is 25.0 Å². The number of hydrogen-bond donors (Lipinski definition) is 2. The fourth-order valence-corrected chi connectivity index (χ4v) is 4.43. The number of benzene rings is 1. The van der Waals surface area contributed by atoms with Gasteiger partial charge in [0.1, 0.15) is 5.54 Å². The molecule has 2 saturated heterocycles. The fourth-order valence-electron chi connectivity index (χ4n) is 4.43. The number of hydrogen-bond acceptors (Lipinski definition) is 4. The van der Waals surface area contributed by atoms with E-state index in [9.17, 15) is 23.2 Å². The number of nitrogens with zero attached hydrogens (tertiary/aromatic N) is 2. The van der Waals surface area contributed by atoms with Crippen LogP contribution in [0.2, 0.25) is 0 Å². The maximum atomic E-state index is 13.5. The summed E-state index contributed by atoms with van der Waals surface area (Å²) in [5.41, 5.74) is -0.401. The van der Waals surface area contributed by atoms with Crippen molar-refractivity contribution in [3.63, 3.8) is 0 Å². The van der Waals surface area contributed by atoms with Gasteiger partial charge in [0.05, 0.1) is 0 Å². The molecule has 2 atom stereocenters. The molecule has 3 fully saturated rings. The number of piperazine rings is 1. The minimum Gasteiger partial charge on any atom is -0.368 e. The number of amides is 4. The molecule has 7 nitrogen and oxygen atoms in total. The third-order valence-corrected chi connectivity index (χ3v) is 6.15. The number of halogens is 2.